The fourth-order valence-corrected chi connectivity index (χ4v) is 5.56. The summed E-state index contributed by atoms with van der Waals surface area (Å²) in [5.41, 5.74) is 0. The normalized spacial score (nSPS) is 14.4. The second-order valence-electron chi connectivity index (χ2n) is 11.6. The molecule has 0 aromatic heterocycles. The summed E-state index contributed by atoms with van der Waals surface area (Å²) < 4.78 is 5.03. The standard InChI is InChI=1S/C32H66OS/c1-5-7-8-9-10-11-12-13-14-15-16-17-18-19-20-21-23-26-30(3)31(4)27-24-22-25-28-32(6-2)29-33-34/h30-32,34H,5-29H2,1-4H3. The lowest BCUT2D eigenvalue weighted by molar-refractivity contribution is 0.267. The number of rotatable bonds is 28. The molecule has 1 nitrogen and oxygen atoms in total. The van der Waals surface area contributed by atoms with Gasteiger partial charge in [0.2, 0.25) is 0 Å². The van der Waals surface area contributed by atoms with E-state index in [-0.39, 0.29) is 0 Å². The third-order valence-electron chi connectivity index (χ3n) is 8.39. The molecule has 34 heavy (non-hydrogen) atoms. The Hall–Kier alpha value is 0.310. The summed E-state index contributed by atoms with van der Waals surface area (Å²) in [5, 5.41) is 0. The van der Waals surface area contributed by atoms with Gasteiger partial charge in [-0.3, -0.25) is 0 Å². The molecule has 0 aliphatic rings. The van der Waals surface area contributed by atoms with E-state index in [1.54, 1.807) is 0 Å². The van der Waals surface area contributed by atoms with Crippen molar-refractivity contribution < 1.29 is 4.18 Å². The minimum atomic E-state index is 0.702. The molecule has 0 heterocycles. The summed E-state index contributed by atoms with van der Waals surface area (Å²) in [6.45, 7) is 10.4. The quantitative estimate of drug-likeness (QED) is 0.0641. The molecule has 0 saturated heterocycles. The third kappa shape index (κ3) is 24.0. The van der Waals surface area contributed by atoms with Crippen LogP contribution in [0.3, 0.4) is 0 Å². The van der Waals surface area contributed by atoms with Crippen LogP contribution in [-0.2, 0) is 4.18 Å². The summed E-state index contributed by atoms with van der Waals surface area (Å²) in [6, 6.07) is 0. The Morgan fingerprint density at radius 1 is 0.471 bits per heavy atom. The fourth-order valence-electron chi connectivity index (χ4n) is 5.35. The lowest BCUT2D eigenvalue weighted by atomic mass is 9.86. The Bertz CT molecular complexity index is 372. The summed E-state index contributed by atoms with van der Waals surface area (Å²) in [6.07, 6.45) is 34.4. The van der Waals surface area contributed by atoms with Gasteiger partial charge in [0.25, 0.3) is 0 Å². The predicted octanol–water partition coefficient (Wildman–Crippen LogP) is 12.1. The Kier molecular flexibility index (Phi) is 28.1. The van der Waals surface area contributed by atoms with Crippen molar-refractivity contribution in [1.29, 1.82) is 0 Å². The van der Waals surface area contributed by atoms with Crippen molar-refractivity contribution in [3.8, 4) is 0 Å². The molecule has 0 bridgehead atoms. The highest BCUT2D eigenvalue weighted by Gasteiger charge is 2.12. The van der Waals surface area contributed by atoms with Crippen LogP contribution in [-0.4, -0.2) is 6.61 Å². The van der Waals surface area contributed by atoms with Gasteiger partial charge in [0.1, 0.15) is 0 Å². The average Bonchev–Trinajstić information content (AvgIpc) is 2.84. The maximum Gasteiger partial charge on any atom is 0.0638 e. The minimum absolute atomic E-state index is 0.702. The molecule has 206 valence electrons. The predicted molar refractivity (Wildman–Crippen MR) is 159 cm³/mol. The Labute approximate surface area is 223 Å². The Morgan fingerprint density at radius 3 is 1.15 bits per heavy atom. The van der Waals surface area contributed by atoms with Crippen molar-refractivity contribution in [3.63, 3.8) is 0 Å². The van der Waals surface area contributed by atoms with Gasteiger partial charge in [0.15, 0.2) is 0 Å². The molecule has 0 radical (unpaired) electrons. The van der Waals surface area contributed by atoms with Gasteiger partial charge in [-0.1, -0.05) is 175 Å². The molecule has 0 aromatic carbocycles. The number of thiol groups is 1. The first-order chi connectivity index (χ1) is 16.7. The first-order valence-electron chi connectivity index (χ1n) is 15.9. The lowest BCUT2D eigenvalue weighted by Crippen LogP contribution is -2.08. The molecule has 0 spiro atoms. The zero-order chi connectivity index (χ0) is 25.1. The molecule has 2 heteroatoms. The van der Waals surface area contributed by atoms with Gasteiger partial charge in [-0.05, 0) is 37.1 Å². The van der Waals surface area contributed by atoms with Gasteiger partial charge in [-0.15, -0.1) is 0 Å². The highest BCUT2D eigenvalue weighted by Crippen LogP contribution is 2.25. The Morgan fingerprint density at radius 2 is 0.794 bits per heavy atom. The van der Waals surface area contributed by atoms with E-state index in [0.717, 1.165) is 18.4 Å². The molecule has 0 fully saturated rings. The second kappa shape index (κ2) is 27.9. The van der Waals surface area contributed by atoms with Crippen LogP contribution < -0.4 is 0 Å². The van der Waals surface area contributed by atoms with Gasteiger partial charge in [-0.25, -0.2) is 0 Å². The molecule has 3 unspecified atom stereocenters. The van der Waals surface area contributed by atoms with E-state index >= 15 is 0 Å². The summed E-state index contributed by atoms with van der Waals surface area (Å²) in [5.74, 6) is 2.50. The van der Waals surface area contributed by atoms with Crippen LogP contribution in [0.5, 0.6) is 0 Å². The van der Waals surface area contributed by atoms with E-state index in [1.165, 1.54) is 154 Å². The number of hydrogen-bond acceptors (Lipinski definition) is 2. The van der Waals surface area contributed by atoms with Gasteiger partial charge in [0.05, 0.1) is 6.61 Å². The molecule has 0 N–H and O–H groups in total. The van der Waals surface area contributed by atoms with Gasteiger partial charge < -0.3 is 4.18 Å². The van der Waals surface area contributed by atoms with Crippen LogP contribution in [0.1, 0.15) is 182 Å². The minimum Gasteiger partial charge on any atom is -0.318 e. The van der Waals surface area contributed by atoms with Crippen molar-refractivity contribution in [3.05, 3.63) is 0 Å². The lowest BCUT2D eigenvalue weighted by Gasteiger charge is -2.20. The van der Waals surface area contributed by atoms with Crippen molar-refractivity contribution in [1.82, 2.24) is 0 Å². The molecule has 0 saturated carbocycles. The van der Waals surface area contributed by atoms with E-state index in [1.807, 2.05) is 0 Å². The van der Waals surface area contributed by atoms with Crippen LogP contribution in [0.2, 0.25) is 0 Å². The van der Waals surface area contributed by atoms with Crippen LogP contribution in [0.25, 0.3) is 0 Å². The second-order valence-corrected chi connectivity index (χ2v) is 11.9. The SMILES string of the molecule is CCCCCCCCCCCCCCCCCCCC(C)C(C)CCCCCC(CC)COS. The van der Waals surface area contributed by atoms with Crippen LogP contribution in [0.4, 0.5) is 0 Å². The molecule has 0 amide bonds. The van der Waals surface area contributed by atoms with E-state index < -0.39 is 0 Å². The highest BCUT2D eigenvalue weighted by molar-refractivity contribution is 7.75. The van der Waals surface area contributed by atoms with Gasteiger partial charge in [-0.2, -0.15) is 0 Å². The largest absolute Gasteiger partial charge is 0.318 e. The summed E-state index contributed by atoms with van der Waals surface area (Å²) >= 11 is 3.91. The smallest absolute Gasteiger partial charge is 0.0638 e. The van der Waals surface area contributed by atoms with E-state index in [2.05, 4.69) is 40.6 Å². The maximum absolute atomic E-state index is 5.03. The highest BCUT2D eigenvalue weighted by atomic mass is 32.1. The Balaban J connectivity index is 3.34. The molecule has 0 aliphatic carbocycles. The van der Waals surface area contributed by atoms with Crippen molar-refractivity contribution in [2.45, 2.75) is 182 Å². The first-order valence-corrected chi connectivity index (χ1v) is 16.3. The van der Waals surface area contributed by atoms with Crippen molar-refractivity contribution in [2.24, 2.45) is 17.8 Å². The van der Waals surface area contributed by atoms with Crippen LogP contribution in [0, 0.1) is 17.8 Å². The van der Waals surface area contributed by atoms with E-state index in [0.29, 0.717) is 5.92 Å². The summed E-state index contributed by atoms with van der Waals surface area (Å²) in [4.78, 5) is 0. The summed E-state index contributed by atoms with van der Waals surface area (Å²) in [7, 11) is 0. The van der Waals surface area contributed by atoms with E-state index in [4.69, 9.17) is 4.18 Å². The third-order valence-corrected chi connectivity index (χ3v) is 8.54. The number of hydrogen-bond donors (Lipinski definition) is 1. The monoisotopic (exact) mass is 498 g/mol. The molecule has 0 aromatic rings. The topological polar surface area (TPSA) is 9.23 Å². The molecule has 3 atom stereocenters. The first kappa shape index (κ1) is 34.3. The maximum atomic E-state index is 5.03. The van der Waals surface area contributed by atoms with Crippen molar-refractivity contribution >= 4 is 12.9 Å². The molecule has 0 aliphatic heterocycles. The van der Waals surface area contributed by atoms with Gasteiger partial charge in [0, 0.05) is 0 Å². The fraction of sp³-hybridized carbons (Fsp3) is 1.00. The van der Waals surface area contributed by atoms with Crippen LogP contribution in [0.15, 0.2) is 0 Å². The van der Waals surface area contributed by atoms with Crippen molar-refractivity contribution in [2.75, 3.05) is 6.61 Å². The van der Waals surface area contributed by atoms with Crippen LogP contribution >= 0.6 is 12.9 Å². The van der Waals surface area contributed by atoms with Gasteiger partial charge >= 0.3 is 0 Å². The molecular formula is C32H66OS. The zero-order valence-corrected chi connectivity index (χ0v) is 25.2. The number of unbranched alkanes of at least 4 members (excludes halogenated alkanes) is 18. The van der Waals surface area contributed by atoms with E-state index in [9.17, 15) is 0 Å². The molecular weight excluding hydrogens is 432 g/mol. The molecule has 0 rings (SSSR count). The average molecular weight is 499 g/mol. The zero-order valence-electron chi connectivity index (χ0n) is 24.3.